The fourth-order valence-corrected chi connectivity index (χ4v) is 5.07. The lowest BCUT2D eigenvalue weighted by Crippen LogP contribution is -2.33. The van der Waals surface area contributed by atoms with Gasteiger partial charge in [-0.2, -0.15) is 0 Å². The molecule has 5 rings (SSSR count). The molecular formula is C25H21N3O5S. The molecule has 0 spiro atoms. The minimum absolute atomic E-state index is 0.0510. The van der Waals surface area contributed by atoms with Crippen LogP contribution < -0.4 is 10.6 Å². The quantitative estimate of drug-likeness (QED) is 0.459. The van der Waals surface area contributed by atoms with E-state index in [1.165, 1.54) is 5.38 Å². The SMILES string of the molecule is O=C(Nc1nc(C(=O)NC2C=CC(C(=O)O)C2)cs1)OCC1c2ccccc2-c2ccccc21. The third-order valence-electron chi connectivity index (χ3n) is 6.01. The Labute approximate surface area is 199 Å². The molecule has 0 bridgehead atoms. The van der Waals surface area contributed by atoms with E-state index >= 15 is 0 Å². The molecule has 2 amide bonds. The van der Waals surface area contributed by atoms with E-state index in [9.17, 15) is 14.4 Å². The number of hydrogen-bond donors (Lipinski definition) is 3. The number of anilines is 1. The van der Waals surface area contributed by atoms with Crippen LogP contribution in [0.3, 0.4) is 0 Å². The second-order valence-electron chi connectivity index (χ2n) is 8.13. The van der Waals surface area contributed by atoms with E-state index in [-0.39, 0.29) is 29.4 Å². The number of carboxylic acid groups (broad SMARTS) is 1. The Morgan fingerprint density at radius 1 is 1.03 bits per heavy atom. The Balaban J connectivity index is 1.17. The van der Waals surface area contributed by atoms with Crippen LogP contribution in [0.2, 0.25) is 0 Å². The molecule has 2 aliphatic carbocycles. The highest BCUT2D eigenvalue weighted by Gasteiger charge is 2.29. The van der Waals surface area contributed by atoms with Gasteiger partial charge in [0, 0.05) is 17.3 Å². The Morgan fingerprint density at radius 2 is 1.71 bits per heavy atom. The predicted molar refractivity (Wildman–Crippen MR) is 127 cm³/mol. The lowest BCUT2D eigenvalue weighted by molar-refractivity contribution is -0.140. The van der Waals surface area contributed by atoms with Crippen molar-refractivity contribution in [3.8, 4) is 11.1 Å². The Morgan fingerprint density at radius 3 is 2.35 bits per heavy atom. The summed E-state index contributed by atoms with van der Waals surface area (Å²) in [6.07, 6.45) is 2.89. The molecule has 0 aliphatic heterocycles. The topological polar surface area (TPSA) is 118 Å². The van der Waals surface area contributed by atoms with Crippen molar-refractivity contribution in [2.75, 3.05) is 11.9 Å². The number of rotatable bonds is 6. The van der Waals surface area contributed by atoms with Crippen LogP contribution in [-0.2, 0) is 9.53 Å². The monoisotopic (exact) mass is 475 g/mol. The fraction of sp³-hybridized carbons (Fsp3) is 0.200. The van der Waals surface area contributed by atoms with Crippen molar-refractivity contribution in [3.63, 3.8) is 0 Å². The van der Waals surface area contributed by atoms with Gasteiger partial charge in [0.15, 0.2) is 5.13 Å². The second kappa shape index (κ2) is 9.11. The zero-order valence-corrected chi connectivity index (χ0v) is 18.7. The van der Waals surface area contributed by atoms with Gasteiger partial charge in [0.05, 0.1) is 5.92 Å². The standard InChI is InChI=1S/C25H21N3O5S/c29-22(26-15-10-9-14(11-15)23(30)31)21-13-34-24(27-21)28-25(32)33-12-20-18-7-3-1-5-16(18)17-6-2-4-8-19(17)20/h1-10,13-15,20H,11-12H2,(H,26,29)(H,30,31)(H,27,28,32). The average molecular weight is 476 g/mol. The van der Waals surface area contributed by atoms with Crippen LogP contribution in [-0.4, -0.2) is 40.7 Å². The molecule has 3 aromatic rings. The number of ether oxygens (including phenoxy) is 1. The van der Waals surface area contributed by atoms with Crippen molar-refractivity contribution in [2.24, 2.45) is 5.92 Å². The van der Waals surface area contributed by atoms with Crippen molar-refractivity contribution in [3.05, 3.63) is 82.9 Å². The van der Waals surface area contributed by atoms with Gasteiger partial charge in [0.2, 0.25) is 0 Å². The number of nitrogens with one attached hydrogen (secondary N) is 2. The summed E-state index contributed by atoms with van der Waals surface area (Å²) in [4.78, 5) is 40.0. The van der Waals surface area contributed by atoms with Crippen molar-refractivity contribution in [1.82, 2.24) is 10.3 Å². The van der Waals surface area contributed by atoms with Crippen molar-refractivity contribution in [1.29, 1.82) is 0 Å². The molecule has 9 heteroatoms. The van der Waals surface area contributed by atoms with Crippen molar-refractivity contribution >= 4 is 34.4 Å². The number of fused-ring (bicyclic) bond motifs is 3. The second-order valence-corrected chi connectivity index (χ2v) is 8.99. The molecule has 2 unspecified atom stereocenters. The van der Waals surface area contributed by atoms with Gasteiger partial charge in [0.25, 0.3) is 5.91 Å². The van der Waals surface area contributed by atoms with Crippen molar-refractivity contribution < 1.29 is 24.2 Å². The van der Waals surface area contributed by atoms with E-state index in [1.807, 2.05) is 36.4 Å². The van der Waals surface area contributed by atoms with E-state index in [4.69, 9.17) is 9.84 Å². The van der Waals surface area contributed by atoms with Crippen LogP contribution in [0.25, 0.3) is 11.1 Å². The van der Waals surface area contributed by atoms with Gasteiger partial charge in [-0.15, -0.1) is 11.3 Å². The first kappa shape index (κ1) is 21.8. The molecule has 0 saturated carbocycles. The first-order chi connectivity index (χ1) is 16.5. The van der Waals surface area contributed by atoms with Gasteiger partial charge in [0.1, 0.15) is 12.3 Å². The summed E-state index contributed by atoms with van der Waals surface area (Å²) in [5.41, 5.74) is 4.68. The molecule has 8 nitrogen and oxygen atoms in total. The predicted octanol–water partition coefficient (Wildman–Crippen LogP) is 4.26. The van der Waals surface area contributed by atoms with Crippen LogP contribution in [0.1, 0.15) is 34.0 Å². The first-order valence-electron chi connectivity index (χ1n) is 10.8. The lowest BCUT2D eigenvalue weighted by atomic mass is 9.98. The molecule has 0 saturated heterocycles. The van der Waals surface area contributed by atoms with Crippen LogP contribution in [0.4, 0.5) is 9.93 Å². The van der Waals surface area contributed by atoms with Crippen LogP contribution >= 0.6 is 11.3 Å². The van der Waals surface area contributed by atoms with Gasteiger partial charge < -0.3 is 15.2 Å². The maximum Gasteiger partial charge on any atom is 0.413 e. The third-order valence-corrected chi connectivity index (χ3v) is 6.76. The normalized spacial score (nSPS) is 18.2. The Bertz CT molecular complexity index is 1260. The first-order valence-corrected chi connectivity index (χ1v) is 11.7. The largest absolute Gasteiger partial charge is 0.481 e. The highest BCUT2D eigenvalue weighted by molar-refractivity contribution is 7.14. The highest BCUT2D eigenvalue weighted by atomic mass is 32.1. The molecule has 2 aliphatic rings. The van der Waals surface area contributed by atoms with E-state index < -0.39 is 23.9 Å². The summed E-state index contributed by atoms with van der Waals surface area (Å²) in [7, 11) is 0. The zero-order valence-electron chi connectivity index (χ0n) is 17.9. The maximum atomic E-state index is 12.4. The third kappa shape index (κ3) is 4.29. The van der Waals surface area contributed by atoms with E-state index in [1.54, 1.807) is 12.2 Å². The van der Waals surface area contributed by atoms with E-state index in [0.29, 0.717) is 6.42 Å². The summed E-state index contributed by atoms with van der Waals surface area (Å²) in [6.45, 7) is 0.178. The van der Waals surface area contributed by atoms with Crippen LogP contribution in [0.5, 0.6) is 0 Å². The summed E-state index contributed by atoms with van der Waals surface area (Å²) < 4.78 is 5.51. The molecule has 1 aromatic heterocycles. The number of aliphatic carboxylic acids is 1. The van der Waals surface area contributed by atoms with Crippen LogP contribution in [0.15, 0.2) is 66.1 Å². The average Bonchev–Trinajstić information content (AvgIpc) is 3.56. The Hall–Kier alpha value is -3.98. The van der Waals surface area contributed by atoms with Gasteiger partial charge >= 0.3 is 12.1 Å². The minimum Gasteiger partial charge on any atom is -0.481 e. The number of carbonyl (C=O) groups is 3. The minimum atomic E-state index is -0.920. The van der Waals surface area contributed by atoms with Gasteiger partial charge in [-0.3, -0.25) is 14.9 Å². The molecule has 0 radical (unpaired) electrons. The molecule has 1 heterocycles. The van der Waals surface area contributed by atoms with Crippen molar-refractivity contribution in [2.45, 2.75) is 18.4 Å². The summed E-state index contributed by atoms with van der Waals surface area (Å²) in [5, 5.41) is 16.1. The summed E-state index contributed by atoms with van der Waals surface area (Å²) in [5.74, 6) is -2.01. The lowest BCUT2D eigenvalue weighted by Gasteiger charge is -2.14. The van der Waals surface area contributed by atoms with Gasteiger partial charge in [-0.05, 0) is 28.7 Å². The number of hydrogen-bond acceptors (Lipinski definition) is 6. The summed E-state index contributed by atoms with van der Waals surface area (Å²) >= 11 is 1.11. The maximum absolute atomic E-state index is 12.4. The zero-order chi connectivity index (χ0) is 23.7. The Kier molecular flexibility index (Phi) is 5.85. The number of carbonyl (C=O) groups excluding carboxylic acids is 2. The summed E-state index contributed by atoms with van der Waals surface area (Å²) in [6, 6.07) is 15.8. The number of benzene rings is 2. The smallest absolute Gasteiger partial charge is 0.413 e. The molecule has 0 fully saturated rings. The molecule has 3 N–H and O–H groups in total. The fourth-order valence-electron chi connectivity index (χ4n) is 4.39. The van der Waals surface area contributed by atoms with Gasteiger partial charge in [-0.1, -0.05) is 60.7 Å². The van der Waals surface area contributed by atoms with Gasteiger partial charge in [-0.25, -0.2) is 9.78 Å². The number of thiazole rings is 1. The van der Waals surface area contributed by atoms with E-state index in [2.05, 4.69) is 27.8 Å². The number of carboxylic acids is 1. The number of nitrogens with zero attached hydrogens (tertiary/aromatic N) is 1. The molecule has 2 atom stereocenters. The van der Waals surface area contributed by atoms with E-state index in [0.717, 1.165) is 33.6 Å². The number of aromatic nitrogens is 1. The molecule has 172 valence electrons. The highest BCUT2D eigenvalue weighted by Crippen LogP contribution is 2.44. The molecule has 2 aromatic carbocycles. The number of amides is 2. The van der Waals surface area contributed by atoms with Crippen LogP contribution in [0, 0.1) is 5.92 Å². The molecule has 34 heavy (non-hydrogen) atoms. The molecular weight excluding hydrogens is 454 g/mol.